The molecule has 0 N–H and O–H groups in total. The summed E-state index contributed by atoms with van der Waals surface area (Å²) >= 11 is 3.29. The molecule has 120 valence electrons. The number of halogens is 1. The lowest BCUT2D eigenvalue weighted by molar-refractivity contribution is 0.628. The van der Waals surface area contributed by atoms with E-state index in [1.54, 1.807) is 41.7 Å². The van der Waals surface area contributed by atoms with Crippen molar-refractivity contribution >= 4 is 44.2 Å². The molecule has 24 heavy (non-hydrogen) atoms. The van der Waals surface area contributed by atoms with Gasteiger partial charge in [-0.2, -0.15) is 0 Å². The summed E-state index contributed by atoms with van der Waals surface area (Å²) in [5, 5.41) is 2.87. The predicted octanol–water partition coefficient (Wildman–Crippen LogP) is 5.29. The smallest absolute Gasteiger partial charge is 0.128 e. The molecule has 3 heterocycles. The fourth-order valence-corrected chi connectivity index (χ4v) is 4.83. The lowest BCUT2D eigenvalue weighted by atomic mass is 10.1. The summed E-state index contributed by atoms with van der Waals surface area (Å²) < 4.78 is 13.9. The van der Waals surface area contributed by atoms with Crippen LogP contribution in [0.1, 0.15) is 16.0 Å². The molecule has 0 unspecified atom stereocenters. The van der Waals surface area contributed by atoms with Gasteiger partial charge in [-0.25, -0.2) is 14.4 Å². The van der Waals surface area contributed by atoms with Crippen molar-refractivity contribution in [2.24, 2.45) is 0 Å². The number of aromatic nitrogens is 3. The molecule has 4 rings (SSSR count). The van der Waals surface area contributed by atoms with Crippen molar-refractivity contribution in [2.45, 2.75) is 24.6 Å². The molecule has 0 saturated heterocycles. The second kappa shape index (κ2) is 6.11. The largest absolute Gasteiger partial charge is 0.256 e. The second-order valence-electron chi connectivity index (χ2n) is 5.57. The molecule has 1 aromatic carbocycles. The van der Waals surface area contributed by atoms with Crippen LogP contribution >= 0.6 is 23.1 Å². The third-order valence-corrected chi connectivity index (χ3v) is 6.20. The average Bonchev–Trinajstić information content (AvgIpc) is 2.87. The van der Waals surface area contributed by atoms with E-state index in [0.29, 0.717) is 5.75 Å². The molecular weight excluding hydrogens is 341 g/mol. The minimum absolute atomic E-state index is 0.235. The number of hydrogen-bond donors (Lipinski definition) is 0. The first kappa shape index (κ1) is 15.5. The van der Waals surface area contributed by atoms with Gasteiger partial charge in [0.15, 0.2) is 0 Å². The summed E-state index contributed by atoms with van der Waals surface area (Å²) in [6.07, 6.45) is 3.34. The third kappa shape index (κ3) is 2.65. The molecule has 6 heteroatoms. The monoisotopic (exact) mass is 355 g/mol. The summed E-state index contributed by atoms with van der Waals surface area (Å²) in [6, 6.07) is 6.79. The highest BCUT2D eigenvalue weighted by Crippen LogP contribution is 2.36. The SMILES string of the molecule is Cc1sc2ncnc(SCc3cc(F)cc4cccnc34)c2c1C. The second-order valence-corrected chi connectivity index (χ2v) is 7.74. The molecular formula is C18H14FN3S2. The quantitative estimate of drug-likeness (QED) is 0.370. The van der Waals surface area contributed by atoms with Crippen molar-refractivity contribution in [3.05, 3.63) is 58.6 Å². The Balaban J connectivity index is 1.74. The van der Waals surface area contributed by atoms with Crippen LogP contribution in [0, 0.1) is 19.7 Å². The molecule has 0 bridgehead atoms. The summed E-state index contributed by atoms with van der Waals surface area (Å²) in [4.78, 5) is 15.5. The molecule has 0 amide bonds. The number of fused-ring (bicyclic) bond motifs is 2. The molecule has 0 aliphatic rings. The van der Waals surface area contributed by atoms with Gasteiger partial charge in [-0.3, -0.25) is 4.98 Å². The number of pyridine rings is 1. The van der Waals surface area contributed by atoms with E-state index in [-0.39, 0.29) is 5.82 Å². The Morgan fingerprint density at radius 1 is 1.17 bits per heavy atom. The number of thioether (sulfide) groups is 1. The predicted molar refractivity (Wildman–Crippen MR) is 98.2 cm³/mol. The van der Waals surface area contributed by atoms with Crippen LogP contribution in [-0.2, 0) is 5.75 Å². The van der Waals surface area contributed by atoms with Crippen molar-refractivity contribution < 1.29 is 4.39 Å². The Kier molecular flexibility index (Phi) is 3.94. The van der Waals surface area contributed by atoms with Gasteiger partial charge in [0.1, 0.15) is 22.0 Å². The summed E-state index contributed by atoms with van der Waals surface area (Å²) in [5.41, 5.74) is 2.95. The Bertz CT molecular complexity index is 1060. The summed E-state index contributed by atoms with van der Waals surface area (Å²) in [5.74, 6) is 0.382. The van der Waals surface area contributed by atoms with Gasteiger partial charge in [-0.05, 0) is 43.2 Å². The highest BCUT2D eigenvalue weighted by Gasteiger charge is 2.13. The van der Waals surface area contributed by atoms with E-state index < -0.39 is 0 Å². The zero-order chi connectivity index (χ0) is 16.7. The zero-order valence-electron chi connectivity index (χ0n) is 13.2. The molecule has 3 nitrogen and oxygen atoms in total. The average molecular weight is 355 g/mol. The highest BCUT2D eigenvalue weighted by atomic mass is 32.2. The number of hydrogen-bond acceptors (Lipinski definition) is 5. The maximum Gasteiger partial charge on any atom is 0.128 e. The van der Waals surface area contributed by atoms with E-state index in [0.717, 1.165) is 31.7 Å². The first-order valence-electron chi connectivity index (χ1n) is 7.50. The van der Waals surface area contributed by atoms with Crippen LogP contribution in [0.2, 0.25) is 0 Å². The van der Waals surface area contributed by atoms with Crippen LogP contribution in [-0.4, -0.2) is 15.0 Å². The van der Waals surface area contributed by atoms with Gasteiger partial charge in [0.05, 0.1) is 5.52 Å². The standard InChI is InChI=1S/C18H14FN3S2/c1-10-11(2)24-18-15(10)17(21-9-22-18)23-8-13-7-14(19)6-12-4-3-5-20-16(12)13/h3-7,9H,8H2,1-2H3. The minimum atomic E-state index is -0.235. The van der Waals surface area contributed by atoms with Crippen molar-refractivity contribution in [1.82, 2.24) is 15.0 Å². The maximum atomic E-state index is 13.9. The third-order valence-electron chi connectivity index (χ3n) is 4.04. The van der Waals surface area contributed by atoms with Crippen LogP contribution in [0.5, 0.6) is 0 Å². The van der Waals surface area contributed by atoms with Crippen LogP contribution < -0.4 is 0 Å². The van der Waals surface area contributed by atoms with E-state index in [4.69, 9.17) is 0 Å². The number of benzene rings is 1. The molecule has 4 aromatic rings. The highest BCUT2D eigenvalue weighted by molar-refractivity contribution is 7.98. The fourth-order valence-electron chi connectivity index (χ4n) is 2.74. The Morgan fingerprint density at radius 2 is 2.04 bits per heavy atom. The number of thiophene rings is 1. The number of aryl methyl sites for hydroxylation is 2. The maximum absolute atomic E-state index is 13.9. The van der Waals surface area contributed by atoms with Crippen molar-refractivity contribution in [1.29, 1.82) is 0 Å². The van der Waals surface area contributed by atoms with Crippen LogP contribution in [0.25, 0.3) is 21.1 Å². The van der Waals surface area contributed by atoms with Crippen molar-refractivity contribution in [3.63, 3.8) is 0 Å². The Morgan fingerprint density at radius 3 is 2.92 bits per heavy atom. The lowest BCUT2D eigenvalue weighted by Crippen LogP contribution is -1.91. The molecule has 0 aliphatic carbocycles. The first-order valence-corrected chi connectivity index (χ1v) is 9.30. The zero-order valence-corrected chi connectivity index (χ0v) is 14.8. The van der Waals surface area contributed by atoms with E-state index in [1.165, 1.54) is 16.5 Å². The first-order chi connectivity index (χ1) is 11.6. The topological polar surface area (TPSA) is 38.7 Å². The number of rotatable bonds is 3. The molecule has 0 atom stereocenters. The Hall–Kier alpha value is -2.05. The van der Waals surface area contributed by atoms with Gasteiger partial charge in [-0.1, -0.05) is 6.07 Å². The van der Waals surface area contributed by atoms with Crippen molar-refractivity contribution in [3.8, 4) is 0 Å². The van der Waals surface area contributed by atoms with E-state index >= 15 is 0 Å². The molecule has 3 aromatic heterocycles. The van der Waals surface area contributed by atoms with Gasteiger partial charge < -0.3 is 0 Å². The van der Waals surface area contributed by atoms with Gasteiger partial charge in [-0.15, -0.1) is 23.1 Å². The molecule has 0 spiro atoms. The van der Waals surface area contributed by atoms with Crippen LogP contribution in [0.3, 0.4) is 0 Å². The van der Waals surface area contributed by atoms with E-state index in [1.807, 2.05) is 12.1 Å². The fraction of sp³-hybridized carbons (Fsp3) is 0.167. The van der Waals surface area contributed by atoms with Crippen LogP contribution in [0.15, 0.2) is 41.8 Å². The van der Waals surface area contributed by atoms with Gasteiger partial charge >= 0.3 is 0 Å². The van der Waals surface area contributed by atoms with E-state index in [9.17, 15) is 4.39 Å². The van der Waals surface area contributed by atoms with Gasteiger partial charge in [0.2, 0.25) is 0 Å². The molecule has 0 aliphatic heterocycles. The molecule has 0 fully saturated rings. The van der Waals surface area contributed by atoms with Gasteiger partial charge in [0.25, 0.3) is 0 Å². The van der Waals surface area contributed by atoms with E-state index in [2.05, 4.69) is 28.8 Å². The molecule has 0 saturated carbocycles. The number of nitrogens with zero attached hydrogens (tertiary/aromatic N) is 3. The summed E-state index contributed by atoms with van der Waals surface area (Å²) in [7, 11) is 0. The normalized spacial score (nSPS) is 11.5. The minimum Gasteiger partial charge on any atom is -0.256 e. The summed E-state index contributed by atoms with van der Waals surface area (Å²) in [6.45, 7) is 4.20. The Labute approximate surface area is 147 Å². The lowest BCUT2D eigenvalue weighted by Gasteiger charge is -2.07. The van der Waals surface area contributed by atoms with Gasteiger partial charge in [0, 0.05) is 27.6 Å². The molecule has 0 radical (unpaired) electrons. The van der Waals surface area contributed by atoms with Crippen molar-refractivity contribution in [2.75, 3.05) is 0 Å². The van der Waals surface area contributed by atoms with Crippen LogP contribution in [0.4, 0.5) is 4.39 Å².